The average Bonchev–Trinajstić information content (AvgIpc) is 2.92. The molecular formula is C20H29N3O2. The molecule has 25 heavy (non-hydrogen) atoms. The Bertz CT molecular complexity index is 627. The molecule has 3 heterocycles. The second kappa shape index (κ2) is 6.38. The molecule has 0 aromatic heterocycles. The molecule has 3 aliphatic heterocycles. The Morgan fingerprint density at radius 1 is 1.20 bits per heavy atom. The van der Waals surface area contributed by atoms with Crippen LogP contribution in [-0.2, 0) is 11.3 Å². The number of hydrogen-bond acceptors (Lipinski definition) is 4. The van der Waals surface area contributed by atoms with Crippen LogP contribution in [0.15, 0.2) is 30.3 Å². The predicted molar refractivity (Wildman–Crippen MR) is 97.0 cm³/mol. The molecule has 5 nitrogen and oxygen atoms in total. The highest BCUT2D eigenvalue weighted by atomic mass is 16.3. The van der Waals surface area contributed by atoms with Gasteiger partial charge in [0.25, 0.3) is 0 Å². The highest BCUT2D eigenvalue weighted by molar-refractivity contribution is 5.79. The van der Waals surface area contributed by atoms with Gasteiger partial charge in [-0.3, -0.25) is 14.6 Å². The van der Waals surface area contributed by atoms with E-state index in [9.17, 15) is 9.90 Å². The van der Waals surface area contributed by atoms with Crippen molar-refractivity contribution in [3.63, 3.8) is 0 Å². The zero-order valence-electron chi connectivity index (χ0n) is 15.3. The van der Waals surface area contributed by atoms with Gasteiger partial charge < -0.3 is 10.0 Å². The average molecular weight is 343 g/mol. The number of nitrogens with zero attached hydrogens (tertiary/aromatic N) is 3. The molecule has 1 aromatic carbocycles. The summed E-state index contributed by atoms with van der Waals surface area (Å²) < 4.78 is 0. The van der Waals surface area contributed by atoms with Crippen molar-refractivity contribution in [1.82, 2.24) is 14.7 Å². The van der Waals surface area contributed by atoms with Crippen molar-refractivity contribution >= 4 is 5.91 Å². The minimum Gasteiger partial charge on any atom is -0.392 e. The number of β-amino-alcohol motifs (C(OH)–C–C–N with tert-alkyl or cyclic N) is 1. The smallest absolute Gasteiger partial charge is 0.225 e. The maximum absolute atomic E-state index is 12.3. The van der Waals surface area contributed by atoms with Crippen molar-refractivity contribution in [2.45, 2.75) is 44.5 Å². The van der Waals surface area contributed by atoms with Crippen molar-refractivity contribution in [3.05, 3.63) is 35.9 Å². The minimum atomic E-state index is -0.228. The van der Waals surface area contributed by atoms with Crippen molar-refractivity contribution in [3.8, 4) is 0 Å². The van der Waals surface area contributed by atoms with Gasteiger partial charge in [0, 0.05) is 51.2 Å². The van der Waals surface area contributed by atoms with E-state index in [2.05, 4.69) is 40.1 Å². The highest BCUT2D eigenvalue weighted by Crippen LogP contribution is 2.39. The molecule has 3 saturated heterocycles. The van der Waals surface area contributed by atoms with Crippen LogP contribution in [-0.4, -0.2) is 76.1 Å². The first-order valence-electron chi connectivity index (χ1n) is 9.47. The number of aliphatic hydroxyl groups is 1. The summed E-state index contributed by atoms with van der Waals surface area (Å²) >= 11 is 0. The number of benzene rings is 1. The highest BCUT2D eigenvalue weighted by Gasteiger charge is 2.57. The van der Waals surface area contributed by atoms with Gasteiger partial charge in [0.15, 0.2) is 0 Å². The number of carbonyl (C=O) groups is 1. The van der Waals surface area contributed by atoms with Crippen molar-refractivity contribution in [2.24, 2.45) is 5.92 Å². The molecule has 0 saturated carbocycles. The number of hydrogen-bond donors (Lipinski definition) is 1. The second-order valence-corrected chi connectivity index (χ2v) is 8.42. The topological polar surface area (TPSA) is 47.0 Å². The molecule has 0 radical (unpaired) electrons. The van der Waals surface area contributed by atoms with Crippen LogP contribution in [0.2, 0.25) is 0 Å². The van der Waals surface area contributed by atoms with Gasteiger partial charge in [0.1, 0.15) is 0 Å². The molecule has 1 N–H and O–H groups in total. The number of rotatable bonds is 3. The lowest BCUT2D eigenvalue weighted by molar-refractivity contribution is -0.159. The van der Waals surface area contributed by atoms with Gasteiger partial charge in [-0.15, -0.1) is 0 Å². The predicted octanol–water partition coefficient (Wildman–Crippen LogP) is 1.17. The Balaban J connectivity index is 1.50. The summed E-state index contributed by atoms with van der Waals surface area (Å²) in [5, 5.41) is 10.2. The normalized spacial score (nSPS) is 29.0. The number of fused-ring (bicyclic) bond motifs is 2. The van der Waals surface area contributed by atoms with Crippen molar-refractivity contribution in [2.75, 3.05) is 32.7 Å². The fourth-order valence-electron chi connectivity index (χ4n) is 4.94. The van der Waals surface area contributed by atoms with Crippen LogP contribution < -0.4 is 0 Å². The van der Waals surface area contributed by atoms with E-state index in [-0.39, 0.29) is 23.5 Å². The van der Waals surface area contributed by atoms with Gasteiger partial charge in [-0.1, -0.05) is 44.2 Å². The van der Waals surface area contributed by atoms with E-state index in [1.54, 1.807) is 0 Å². The summed E-state index contributed by atoms with van der Waals surface area (Å²) in [6.45, 7) is 9.24. The molecule has 136 valence electrons. The number of amides is 1. The van der Waals surface area contributed by atoms with Crippen LogP contribution in [0.1, 0.15) is 25.8 Å². The van der Waals surface area contributed by atoms with Crippen molar-refractivity contribution < 1.29 is 9.90 Å². The fraction of sp³-hybridized carbons (Fsp3) is 0.650. The third-order valence-electron chi connectivity index (χ3n) is 6.01. The van der Waals surface area contributed by atoms with E-state index < -0.39 is 0 Å². The third-order valence-corrected chi connectivity index (χ3v) is 6.01. The van der Waals surface area contributed by atoms with E-state index in [1.165, 1.54) is 5.56 Å². The van der Waals surface area contributed by atoms with E-state index in [0.29, 0.717) is 6.04 Å². The summed E-state index contributed by atoms with van der Waals surface area (Å²) in [7, 11) is 0. The monoisotopic (exact) mass is 343 g/mol. The molecule has 4 rings (SSSR count). The van der Waals surface area contributed by atoms with Gasteiger partial charge >= 0.3 is 0 Å². The fourth-order valence-corrected chi connectivity index (χ4v) is 4.94. The third kappa shape index (κ3) is 3.09. The van der Waals surface area contributed by atoms with Gasteiger partial charge in [0.2, 0.25) is 5.91 Å². The Hall–Kier alpha value is -1.43. The first-order valence-corrected chi connectivity index (χ1v) is 9.47. The number of piperazine rings is 1. The first-order chi connectivity index (χ1) is 12.0. The van der Waals surface area contributed by atoms with Gasteiger partial charge in [0.05, 0.1) is 11.6 Å². The maximum atomic E-state index is 12.3. The van der Waals surface area contributed by atoms with Gasteiger partial charge in [-0.2, -0.15) is 0 Å². The van der Waals surface area contributed by atoms with Crippen LogP contribution >= 0.6 is 0 Å². The molecule has 3 fully saturated rings. The van der Waals surface area contributed by atoms with Crippen LogP contribution in [0.3, 0.4) is 0 Å². The van der Waals surface area contributed by atoms with Crippen molar-refractivity contribution in [1.29, 1.82) is 0 Å². The van der Waals surface area contributed by atoms with E-state index >= 15 is 0 Å². The summed E-state index contributed by atoms with van der Waals surface area (Å²) in [5.74, 6) is 0.309. The molecule has 2 atom stereocenters. The van der Waals surface area contributed by atoms with E-state index in [1.807, 2.05) is 18.7 Å². The van der Waals surface area contributed by atoms with Gasteiger partial charge in [-0.05, 0) is 12.0 Å². The zero-order valence-corrected chi connectivity index (χ0v) is 15.3. The van der Waals surface area contributed by atoms with Crippen LogP contribution in [0, 0.1) is 5.92 Å². The first kappa shape index (κ1) is 17.0. The van der Waals surface area contributed by atoms with E-state index in [4.69, 9.17) is 0 Å². The number of likely N-dealkylation sites (tertiary alicyclic amines) is 1. The Morgan fingerprint density at radius 3 is 2.60 bits per heavy atom. The zero-order chi connectivity index (χ0) is 17.6. The molecule has 0 aliphatic carbocycles. The summed E-state index contributed by atoms with van der Waals surface area (Å²) in [6, 6.07) is 11.0. The van der Waals surface area contributed by atoms with E-state index in [0.717, 1.165) is 45.7 Å². The lowest BCUT2D eigenvalue weighted by Crippen LogP contribution is -2.78. The van der Waals surface area contributed by atoms with Gasteiger partial charge in [-0.25, -0.2) is 0 Å². The SMILES string of the molecule is CC(C)C(=O)N1CC2(CN(Cc3ccccc3)C[C@H]3C[C@@H](O)CN32)C1. The second-order valence-electron chi connectivity index (χ2n) is 8.42. The number of aliphatic hydroxyl groups excluding tert-OH is 1. The lowest BCUT2D eigenvalue weighted by Gasteiger charge is -2.61. The molecule has 3 aliphatic rings. The van der Waals surface area contributed by atoms with Crippen LogP contribution in [0.4, 0.5) is 0 Å². The molecule has 1 amide bonds. The number of carbonyl (C=O) groups excluding carboxylic acids is 1. The quantitative estimate of drug-likeness (QED) is 0.895. The Morgan fingerprint density at radius 2 is 1.92 bits per heavy atom. The molecular weight excluding hydrogens is 314 g/mol. The summed E-state index contributed by atoms with van der Waals surface area (Å²) in [5.41, 5.74) is 1.36. The molecule has 0 bridgehead atoms. The molecule has 1 spiro atoms. The Labute approximate surface area is 150 Å². The standard InChI is InChI=1S/C20H29N3O2/c1-15(2)19(25)22-13-20(14-22)12-21(9-16-6-4-3-5-7-16)10-17-8-18(24)11-23(17)20/h3-7,15,17-18,24H,8-14H2,1-2H3/t17-,18-/m1/s1. The van der Waals surface area contributed by atoms with Crippen LogP contribution in [0.25, 0.3) is 0 Å². The largest absolute Gasteiger partial charge is 0.392 e. The van der Waals surface area contributed by atoms with Crippen LogP contribution in [0.5, 0.6) is 0 Å². The Kier molecular flexibility index (Phi) is 4.34. The summed E-state index contributed by atoms with van der Waals surface area (Å²) in [4.78, 5) is 19.3. The lowest BCUT2D eigenvalue weighted by atomic mass is 9.83. The molecule has 0 unspecified atom stereocenters. The molecule has 1 aromatic rings. The minimum absolute atomic E-state index is 0.0275. The maximum Gasteiger partial charge on any atom is 0.225 e. The summed E-state index contributed by atoms with van der Waals surface area (Å²) in [6.07, 6.45) is 0.624. The molecule has 5 heteroatoms.